The van der Waals surface area contributed by atoms with Gasteiger partial charge in [-0.25, -0.2) is 13.2 Å². The van der Waals surface area contributed by atoms with Crippen LogP contribution in [-0.2, 0) is 9.47 Å². The fraction of sp³-hybridized carbons (Fsp3) is 0.571. The highest BCUT2D eigenvalue weighted by atomic mass is 19.2. The van der Waals surface area contributed by atoms with Crippen molar-refractivity contribution in [3.63, 3.8) is 0 Å². The zero-order valence-corrected chi connectivity index (χ0v) is 11.9. The minimum atomic E-state index is -1.49. The molecular weight excluding hydrogens is 271 g/mol. The Labute approximate surface area is 117 Å². The van der Waals surface area contributed by atoms with Crippen LogP contribution in [0.3, 0.4) is 0 Å². The molecule has 0 amide bonds. The second-order valence-corrected chi connectivity index (χ2v) is 4.08. The lowest BCUT2D eigenvalue weighted by Gasteiger charge is -2.28. The highest BCUT2D eigenvalue weighted by Gasteiger charge is 2.28. The highest BCUT2D eigenvalue weighted by Crippen LogP contribution is 2.26. The fourth-order valence-corrected chi connectivity index (χ4v) is 1.92. The van der Waals surface area contributed by atoms with E-state index in [1.54, 1.807) is 13.8 Å². The van der Waals surface area contributed by atoms with Crippen molar-refractivity contribution in [1.82, 2.24) is 5.32 Å². The highest BCUT2D eigenvalue weighted by molar-refractivity contribution is 5.24. The van der Waals surface area contributed by atoms with Crippen molar-refractivity contribution >= 4 is 0 Å². The summed E-state index contributed by atoms with van der Waals surface area (Å²) >= 11 is 0. The summed E-state index contributed by atoms with van der Waals surface area (Å²) in [4.78, 5) is 0. The SMILES string of the molecule is CCNC(c1ccc(F)c(F)c1F)C(OCC)OCC. The van der Waals surface area contributed by atoms with Crippen molar-refractivity contribution in [2.24, 2.45) is 0 Å². The minimum Gasteiger partial charge on any atom is -0.351 e. The van der Waals surface area contributed by atoms with Crippen LogP contribution in [0.4, 0.5) is 13.2 Å². The van der Waals surface area contributed by atoms with Crippen LogP contribution in [0.25, 0.3) is 0 Å². The van der Waals surface area contributed by atoms with Gasteiger partial charge < -0.3 is 14.8 Å². The summed E-state index contributed by atoms with van der Waals surface area (Å²) in [5, 5.41) is 2.98. The normalized spacial score (nSPS) is 12.9. The van der Waals surface area contributed by atoms with Crippen molar-refractivity contribution in [1.29, 1.82) is 0 Å². The van der Waals surface area contributed by atoms with E-state index >= 15 is 0 Å². The molecule has 0 spiro atoms. The molecule has 0 aromatic heterocycles. The van der Waals surface area contributed by atoms with Gasteiger partial charge >= 0.3 is 0 Å². The Hall–Kier alpha value is -1.11. The number of halogens is 3. The van der Waals surface area contributed by atoms with E-state index in [-0.39, 0.29) is 5.56 Å². The first kappa shape index (κ1) is 16.9. The molecule has 20 heavy (non-hydrogen) atoms. The van der Waals surface area contributed by atoms with Crippen LogP contribution in [0.15, 0.2) is 12.1 Å². The topological polar surface area (TPSA) is 30.5 Å². The largest absolute Gasteiger partial charge is 0.351 e. The van der Waals surface area contributed by atoms with Crippen LogP contribution < -0.4 is 5.32 Å². The number of hydrogen-bond acceptors (Lipinski definition) is 3. The van der Waals surface area contributed by atoms with Crippen LogP contribution in [0.1, 0.15) is 32.4 Å². The van der Waals surface area contributed by atoms with E-state index in [9.17, 15) is 13.2 Å². The number of benzene rings is 1. The predicted molar refractivity (Wildman–Crippen MR) is 69.8 cm³/mol. The molecule has 0 bridgehead atoms. The molecule has 0 heterocycles. The summed E-state index contributed by atoms with van der Waals surface area (Å²) in [5.74, 6) is -3.93. The zero-order chi connectivity index (χ0) is 15.1. The van der Waals surface area contributed by atoms with Crippen LogP contribution >= 0.6 is 0 Å². The molecule has 0 fully saturated rings. The fourth-order valence-electron chi connectivity index (χ4n) is 1.92. The number of likely N-dealkylation sites (N-methyl/N-ethyl adjacent to an activating group) is 1. The third-order valence-electron chi connectivity index (χ3n) is 2.76. The van der Waals surface area contributed by atoms with Gasteiger partial charge in [0.1, 0.15) is 0 Å². The lowest BCUT2D eigenvalue weighted by Crippen LogP contribution is -2.36. The number of ether oxygens (including phenoxy) is 2. The van der Waals surface area contributed by atoms with E-state index in [2.05, 4.69) is 5.32 Å². The zero-order valence-electron chi connectivity index (χ0n) is 11.9. The average molecular weight is 291 g/mol. The van der Waals surface area contributed by atoms with Gasteiger partial charge in [-0.05, 0) is 26.5 Å². The summed E-state index contributed by atoms with van der Waals surface area (Å²) in [5.41, 5.74) is -0.0161. The number of nitrogens with one attached hydrogen (secondary N) is 1. The molecule has 0 saturated heterocycles. The molecule has 114 valence electrons. The summed E-state index contributed by atoms with van der Waals surface area (Å²) in [6.45, 7) is 6.59. The Morgan fingerprint density at radius 3 is 2.10 bits per heavy atom. The molecule has 0 aliphatic rings. The van der Waals surface area contributed by atoms with E-state index in [0.29, 0.717) is 19.8 Å². The Balaban J connectivity index is 3.14. The van der Waals surface area contributed by atoms with Gasteiger partial charge in [0.2, 0.25) is 0 Å². The molecule has 1 unspecified atom stereocenters. The van der Waals surface area contributed by atoms with Crippen molar-refractivity contribution in [3.05, 3.63) is 35.1 Å². The molecule has 1 atom stereocenters. The second-order valence-electron chi connectivity index (χ2n) is 4.08. The van der Waals surface area contributed by atoms with Crippen LogP contribution in [0.5, 0.6) is 0 Å². The Morgan fingerprint density at radius 1 is 1.00 bits per heavy atom. The molecule has 1 rings (SSSR count). The van der Waals surface area contributed by atoms with Crippen molar-refractivity contribution in [2.45, 2.75) is 33.1 Å². The van der Waals surface area contributed by atoms with Crippen LogP contribution in [-0.4, -0.2) is 26.0 Å². The molecule has 0 radical (unpaired) electrons. The Bertz CT molecular complexity index is 423. The van der Waals surface area contributed by atoms with Crippen LogP contribution in [0, 0.1) is 17.5 Å². The maximum Gasteiger partial charge on any atom is 0.194 e. The molecule has 0 aliphatic carbocycles. The van der Waals surface area contributed by atoms with E-state index < -0.39 is 29.8 Å². The first-order valence-electron chi connectivity index (χ1n) is 6.66. The lowest BCUT2D eigenvalue weighted by molar-refractivity contribution is -0.155. The monoisotopic (exact) mass is 291 g/mol. The summed E-state index contributed by atoms with van der Waals surface area (Å²) in [6.07, 6.45) is -0.774. The second kappa shape index (κ2) is 8.24. The van der Waals surface area contributed by atoms with Gasteiger partial charge in [0.15, 0.2) is 23.7 Å². The summed E-state index contributed by atoms with van der Waals surface area (Å²) in [6, 6.07) is 1.38. The molecule has 1 aromatic carbocycles. The average Bonchev–Trinajstić information content (AvgIpc) is 2.43. The number of hydrogen-bond donors (Lipinski definition) is 1. The number of rotatable bonds is 8. The minimum absolute atomic E-state index is 0.0161. The molecule has 0 saturated carbocycles. The lowest BCUT2D eigenvalue weighted by atomic mass is 10.0. The van der Waals surface area contributed by atoms with E-state index in [4.69, 9.17) is 9.47 Å². The predicted octanol–water partition coefficient (Wildman–Crippen LogP) is 3.15. The van der Waals surface area contributed by atoms with Crippen LogP contribution in [0.2, 0.25) is 0 Å². The maximum atomic E-state index is 13.9. The van der Waals surface area contributed by atoms with Crippen molar-refractivity contribution in [3.8, 4) is 0 Å². The van der Waals surface area contributed by atoms with Gasteiger partial charge in [0, 0.05) is 18.8 Å². The first-order chi connectivity index (χ1) is 9.56. The standard InChI is InChI=1S/C14H20F3NO2/c1-4-18-13(14(19-5-2)20-6-3)9-7-8-10(15)12(17)11(9)16/h7-8,13-14,18H,4-6H2,1-3H3. The quantitative estimate of drug-likeness (QED) is 0.589. The third kappa shape index (κ3) is 3.94. The molecule has 1 aromatic rings. The molecule has 3 nitrogen and oxygen atoms in total. The van der Waals surface area contributed by atoms with E-state index in [0.717, 1.165) is 6.07 Å². The first-order valence-corrected chi connectivity index (χ1v) is 6.66. The van der Waals surface area contributed by atoms with Gasteiger partial charge in [-0.15, -0.1) is 0 Å². The Kier molecular flexibility index (Phi) is 6.98. The van der Waals surface area contributed by atoms with Gasteiger partial charge in [0.05, 0.1) is 6.04 Å². The van der Waals surface area contributed by atoms with Crippen molar-refractivity contribution < 1.29 is 22.6 Å². The van der Waals surface area contributed by atoms with Gasteiger partial charge in [-0.1, -0.05) is 13.0 Å². The Morgan fingerprint density at radius 2 is 1.60 bits per heavy atom. The molecular formula is C14H20F3NO2. The molecule has 1 N–H and O–H groups in total. The summed E-state index contributed by atoms with van der Waals surface area (Å²) < 4.78 is 51.1. The maximum absolute atomic E-state index is 13.9. The van der Waals surface area contributed by atoms with Gasteiger partial charge in [-0.2, -0.15) is 0 Å². The smallest absolute Gasteiger partial charge is 0.194 e. The summed E-state index contributed by atoms with van der Waals surface area (Å²) in [7, 11) is 0. The van der Waals surface area contributed by atoms with E-state index in [1.165, 1.54) is 6.07 Å². The molecule has 6 heteroatoms. The van der Waals surface area contributed by atoms with Gasteiger partial charge in [0.25, 0.3) is 0 Å². The van der Waals surface area contributed by atoms with E-state index in [1.807, 2.05) is 6.92 Å². The molecule has 0 aliphatic heterocycles. The van der Waals surface area contributed by atoms with Gasteiger partial charge in [-0.3, -0.25) is 0 Å². The van der Waals surface area contributed by atoms with Crippen molar-refractivity contribution in [2.75, 3.05) is 19.8 Å². The third-order valence-corrected chi connectivity index (χ3v) is 2.76.